The van der Waals surface area contributed by atoms with Gasteiger partial charge >= 0.3 is 0 Å². The Morgan fingerprint density at radius 2 is 1.64 bits per heavy atom. The fraction of sp³-hybridized carbons (Fsp3) is 0.217. The van der Waals surface area contributed by atoms with E-state index < -0.39 is 0 Å². The molecular weight excluding hydrogens is 326 g/mol. The molecule has 0 unspecified atom stereocenters. The Morgan fingerprint density at radius 3 is 2.52 bits per heavy atom. The molecule has 1 heterocycles. The molecule has 122 valence electrons. The molecule has 2 aliphatic rings. The van der Waals surface area contributed by atoms with Gasteiger partial charge in [-0.3, -0.25) is 0 Å². The summed E-state index contributed by atoms with van der Waals surface area (Å²) in [5.74, 6) is 0. The van der Waals surface area contributed by atoms with Crippen molar-refractivity contribution in [3.05, 3.63) is 70.7 Å². The van der Waals surface area contributed by atoms with E-state index in [9.17, 15) is 0 Å². The molecule has 1 fully saturated rings. The maximum absolute atomic E-state index is 6.40. The number of hydrogen-bond donors (Lipinski definition) is 1. The highest BCUT2D eigenvalue weighted by molar-refractivity contribution is 6.31. The summed E-state index contributed by atoms with van der Waals surface area (Å²) in [7, 11) is 0. The van der Waals surface area contributed by atoms with Gasteiger partial charge in [0.2, 0.25) is 0 Å². The highest BCUT2D eigenvalue weighted by Crippen LogP contribution is 2.58. The Balaban J connectivity index is 1.81. The van der Waals surface area contributed by atoms with E-state index in [0.29, 0.717) is 0 Å². The average molecular weight is 344 g/mol. The van der Waals surface area contributed by atoms with E-state index in [2.05, 4.69) is 59.6 Å². The number of hydrogen-bond acceptors (Lipinski definition) is 0. The van der Waals surface area contributed by atoms with Crippen molar-refractivity contribution in [1.29, 1.82) is 0 Å². The van der Waals surface area contributed by atoms with Crippen molar-refractivity contribution >= 4 is 33.4 Å². The number of aromatic amines is 1. The molecule has 0 saturated heterocycles. The van der Waals surface area contributed by atoms with Crippen molar-refractivity contribution in [2.75, 3.05) is 0 Å². The number of halogens is 1. The minimum absolute atomic E-state index is 0.195. The van der Waals surface area contributed by atoms with Crippen molar-refractivity contribution in [1.82, 2.24) is 4.98 Å². The number of fused-ring (bicyclic) bond motifs is 9. The van der Waals surface area contributed by atoms with E-state index >= 15 is 0 Å². The van der Waals surface area contributed by atoms with Crippen molar-refractivity contribution in [3.63, 3.8) is 0 Å². The fourth-order valence-electron chi connectivity index (χ4n) is 5.40. The van der Waals surface area contributed by atoms with E-state index in [1.807, 2.05) is 0 Å². The smallest absolute Gasteiger partial charge is 0.0547 e. The molecule has 1 spiro atoms. The van der Waals surface area contributed by atoms with Crippen molar-refractivity contribution in [3.8, 4) is 11.1 Å². The lowest BCUT2D eigenvalue weighted by atomic mass is 9.77. The Labute approximate surface area is 151 Å². The van der Waals surface area contributed by atoms with Crippen LogP contribution in [-0.4, -0.2) is 4.98 Å². The standard InChI is InChI=1S/C23H18ClN/c24-14-7-9-18-17(13-14)21-19(23(18)11-3-4-12-23)10-8-16-15-5-1-2-6-20(15)25-22(16)21/h1-2,5-10,13,25H,3-4,11-12H2. The molecule has 2 aliphatic carbocycles. The van der Waals surface area contributed by atoms with Crippen molar-refractivity contribution in [2.24, 2.45) is 0 Å². The number of benzene rings is 3. The topological polar surface area (TPSA) is 15.8 Å². The summed E-state index contributed by atoms with van der Waals surface area (Å²) in [4.78, 5) is 3.70. The normalized spacial score (nSPS) is 17.5. The summed E-state index contributed by atoms with van der Waals surface area (Å²) >= 11 is 6.40. The van der Waals surface area contributed by atoms with Crippen LogP contribution in [0.1, 0.15) is 36.8 Å². The van der Waals surface area contributed by atoms with Crippen LogP contribution in [0.4, 0.5) is 0 Å². The van der Waals surface area contributed by atoms with Gasteiger partial charge in [-0.2, -0.15) is 0 Å². The average Bonchev–Trinajstić information content (AvgIpc) is 3.31. The van der Waals surface area contributed by atoms with Gasteiger partial charge in [0.05, 0.1) is 5.52 Å². The van der Waals surface area contributed by atoms with Gasteiger partial charge in [-0.25, -0.2) is 0 Å². The molecule has 3 aromatic carbocycles. The molecule has 0 atom stereocenters. The molecule has 25 heavy (non-hydrogen) atoms. The second kappa shape index (κ2) is 4.68. The first-order valence-corrected chi connectivity index (χ1v) is 9.50. The highest BCUT2D eigenvalue weighted by Gasteiger charge is 2.45. The highest BCUT2D eigenvalue weighted by atomic mass is 35.5. The van der Waals surface area contributed by atoms with Crippen LogP contribution < -0.4 is 0 Å². The Bertz CT molecular complexity index is 1160. The largest absolute Gasteiger partial charge is 0.354 e. The molecule has 1 saturated carbocycles. The summed E-state index contributed by atoms with van der Waals surface area (Å²) in [6.07, 6.45) is 5.12. The van der Waals surface area contributed by atoms with Gasteiger partial charge in [-0.15, -0.1) is 0 Å². The van der Waals surface area contributed by atoms with Crippen LogP contribution in [0.25, 0.3) is 32.9 Å². The number of nitrogens with one attached hydrogen (secondary N) is 1. The lowest BCUT2D eigenvalue weighted by Crippen LogP contribution is -2.20. The first-order valence-electron chi connectivity index (χ1n) is 9.12. The molecule has 0 bridgehead atoms. The third-order valence-electron chi connectivity index (χ3n) is 6.42. The monoisotopic (exact) mass is 343 g/mol. The fourth-order valence-corrected chi connectivity index (χ4v) is 5.57. The third-order valence-corrected chi connectivity index (χ3v) is 6.66. The van der Waals surface area contributed by atoms with Crippen LogP contribution in [0.5, 0.6) is 0 Å². The predicted molar refractivity (Wildman–Crippen MR) is 105 cm³/mol. The molecule has 4 aromatic rings. The molecule has 0 radical (unpaired) electrons. The van der Waals surface area contributed by atoms with E-state index in [1.165, 1.54) is 69.7 Å². The maximum Gasteiger partial charge on any atom is 0.0547 e. The van der Waals surface area contributed by atoms with E-state index in [-0.39, 0.29) is 5.41 Å². The van der Waals surface area contributed by atoms with E-state index in [1.54, 1.807) is 0 Å². The van der Waals surface area contributed by atoms with Crippen LogP contribution in [0.15, 0.2) is 54.6 Å². The Kier molecular flexibility index (Phi) is 2.61. The van der Waals surface area contributed by atoms with Crippen LogP contribution in [0, 0.1) is 0 Å². The quantitative estimate of drug-likeness (QED) is 0.360. The van der Waals surface area contributed by atoms with Gasteiger partial charge in [-0.1, -0.05) is 60.8 Å². The number of rotatable bonds is 0. The van der Waals surface area contributed by atoms with Crippen LogP contribution in [0.2, 0.25) is 5.02 Å². The summed E-state index contributed by atoms with van der Waals surface area (Å²) in [5.41, 5.74) is 8.38. The minimum atomic E-state index is 0.195. The van der Waals surface area contributed by atoms with Gasteiger partial charge in [0.1, 0.15) is 0 Å². The van der Waals surface area contributed by atoms with Crippen molar-refractivity contribution < 1.29 is 0 Å². The zero-order chi connectivity index (χ0) is 16.6. The van der Waals surface area contributed by atoms with E-state index in [0.717, 1.165) is 5.02 Å². The summed E-state index contributed by atoms with van der Waals surface area (Å²) in [5, 5.41) is 3.44. The molecule has 2 heteroatoms. The number of H-pyrrole nitrogens is 1. The number of para-hydroxylation sites is 1. The SMILES string of the molecule is Clc1ccc2c(c1)-c1c(ccc3c1[nH]c1ccccc13)C21CCCC1. The van der Waals surface area contributed by atoms with Crippen molar-refractivity contribution in [2.45, 2.75) is 31.1 Å². The second-order valence-corrected chi connectivity index (χ2v) is 8.00. The number of aromatic nitrogens is 1. The summed E-state index contributed by atoms with van der Waals surface area (Å²) in [6, 6.07) is 19.8. The molecule has 1 N–H and O–H groups in total. The van der Waals surface area contributed by atoms with Crippen LogP contribution in [0.3, 0.4) is 0 Å². The van der Waals surface area contributed by atoms with Gasteiger partial charge < -0.3 is 4.98 Å². The molecule has 1 nitrogen and oxygen atoms in total. The van der Waals surface area contributed by atoms with Gasteiger partial charge in [-0.05, 0) is 47.7 Å². The lowest BCUT2D eigenvalue weighted by molar-refractivity contribution is 0.550. The minimum Gasteiger partial charge on any atom is -0.354 e. The second-order valence-electron chi connectivity index (χ2n) is 7.56. The Hall–Kier alpha value is -2.25. The first kappa shape index (κ1) is 14.0. The summed E-state index contributed by atoms with van der Waals surface area (Å²) in [6.45, 7) is 0. The molecular formula is C23H18ClN. The lowest BCUT2D eigenvalue weighted by Gasteiger charge is -2.26. The van der Waals surface area contributed by atoms with E-state index in [4.69, 9.17) is 11.6 Å². The maximum atomic E-state index is 6.40. The third kappa shape index (κ3) is 1.65. The molecule has 0 aliphatic heterocycles. The zero-order valence-corrected chi connectivity index (χ0v) is 14.7. The first-order chi connectivity index (χ1) is 12.3. The zero-order valence-electron chi connectivity index (χ0n) is 13.9. The summed E-state index contributed by atoms with van der Waals surface area (Å²) < 4.78 is 0. The molecule has 1 aromatic heterocycles. The molecule has 6 rings (SSSR count). The van der Waals surface area contributed by atoms with Gasteiger partial charge in [0, 0.05) is 32.3 Å². The Morgan fingerprint density at radius 1 is 0.840 bits per heavy atom. The van der Waals surface area contributed by atoms with Gasteiger partial charge in [0.15, 0.2) is 0 Å². The van der Waals surface area contributed by atoms with Gasteiger partial charge in [0.25, 0.3) is 0 Å². The molecule has 0 amide bonds. The predicted octanol–water partition coefficient (Wildman–Crippen LogP) is 6.82. The van der Waals surface area contributed by atoms with Crippen LogP contribution >= 0.6 is 11.6 Å². The van der Waals surface area contributed by atoms with Crippen LogP contribution in [-0.2, 0) is 5.41 Å².